The Morgan fingerprint density at radius 2 is 1.76 bits per heavy atom. The van der Waals surface area contributed by atoms with Crippen LogP contribution in [0.15, 0.2) is 30.3 Å². The molecule has 0 N–H and O–H groups in total. The van der Waals surface area contributed by atoms with E-state index in [1.165, 1.54) is 5.56 Å². The minimum atomic E-state index is 0.0444. The average molecular weight is 337 g/mol. The Bertz CT molecular complexity index is 892. The second-order valence-electron chi connectivity index (χ2n) is 6.29. The molecule has 6 heteroatoms. The van der Waals surface area contributed by atoms with Crippen LogP contribution in [0.4, 0.5) is 0 Å². The normalized spacial score (nSPS) is 11.0. The van der Waals surface area contributed by atoms with Crippen LogP contribution >= 0.6 is 0 Å². The van der Waals surface area contributed by atoms with E-state index < -0.39 is 0 Å². The van der Waals surface area contributed by atoms with Crippen LogP contribution in [0.3, 0.4) is 0 Å². The standard InChI is InChI=1S/C19H23N5O/c1-13-19(15(3)25)14(2)24(21-13)12-18-20-16(4)22-23(18)11-10-17-8-6-5-7-9-17/h5-9H,10-12H2,1-4H3. The Hall–Kier alpha value is -2.76. The lowest BCUT2D eigenvalue weighted by Crippen LogP contribution is -2.13. The van der Waals surface area contributed by atoms with Gasteiger partial charge in [-0.1, -0.05) is 30.3 Å². The zero-order valence-electron chi connectivity index (χ0n) is 15.2. The fraction of sp³-hybridized carbons (Fsp3) is 0.368. The Labute approximate surface area is 147 Å². The summed E-state index contributed by atoms with van der Waals surface area (Å²) in [5.74, 6) is 1.65. The molecule has 0 amide bonds. The van der Waals surface area contributed by atoms with Gasteiger partial charge in [0.25, 0.3) is 0 Å². The van der Waals surface area contributed by atoms with Crippen LogP contribution in [0.25, 0.3) is 0 Å². The highest BCUT2D eigenvalue weighted by molar-refractivity contribution is 5.96. The summed E-state index contributed by atoms with van der Waals surface area (Å²) < 4.78 is 3.78. The molecule has 1 aromatic carbocycles. The second kappa shape index (κ2) is 7.01. The number of rotatable bonds is 6. The van der Waals surface area contributed by atoms with Gasteiger partial charge in [-0.25, -0.2) is 9.67 Å². The van der Waals surface area contributed by atoms with E-state index in [1.807, 2.05) is 48.3 Å². The maximum absolute atomic E-state index is 11.8. The molecule has 0 atom stereocenters. The second-order valence-corrected chi connectivity index (χ2v) is 6.29. The molecule has 0 aliphatic carbocycles. The SMILES string of the molecule is CC(=O)c1c(C)nn(Cc2nc(C)nn2CCc2ccccc2)c1C. The fourth-order valence-electron chi connectivity index (χ4n) is 3.17. The first-order valence-electron chi connectivity index (χ1n) is 8.45. The number of ketones is 1. The van der Waals surface area contributed by atoms with Crippen LogP contribution in [-0.2, 0) is 19.5 Å². The van der Waals surface area contributed by atoms with Crippen LogP contribution in [0.5, 0.6) is 0 Å². The smallest absolute Gasteiger partial charge is 0.163 e. The molecule has 0 radical (unpaired) electrons. The molecule has 3 aromatic rings. The van der Waals surface area contributed by atoms with Crippen molar-refractivity contribution in [3.8, 4) is 0 Å². The molecule has 0 unspecified atom stereocenters. The summed E-state index contributed by atoms with van der Waals surface area (Å²) in [4.78, 5) is 16.3. The zero-order valence-corrected chi connectivity index (χ0v) is 15.2. The summed E-state index contributed by atoms with van der Waals surface area (Å²) in [5, 5.41) is 9.02. The van der Waals surface area contributed by atoms with Crippen molar-refractivity contribution < 1.29 is 4.79 Å². The third-order valence-electron chi connectivity index (χ3n) is 4.33. The lowest BCUT2D eigenvalue weighted by atomic mass is 10.1. The maximum atomic E-state index is 11.8. The number of aromatic nitrogens is 5. The summed E-state index contributed by atoms with van der Waals surface area (Å²) in [7, 11) is 0. The van der Waals surface area contributed by atoms with Crippen LogP contribution in [0.2, 0.25) is 0 Å². The molecule has 0 bridgehead atoms. The van der Waals surface area contributed by atoms with Gasteiger partial charge in [0.2, 0.25) is 0 Å². The van der Waals surface area contributed by atoms with E-state index in [1.54, 1.807) is 6.92 Å². The fourth-order valence-corrected chi connectivity index (χ4v) is 3.17. The van der Waals surface area contributed by atoms with Gasteiger partial charge in [-0.2, -0.15) is 10.2 Å². The molecule has 6 nitrogen and oxygen atoms in total. The van der Waals surface area contributed by atoms with Gasteiger partial charge in [-0.05, 0) is 39.7 Å². The van der Waals surface area contributed by atoms with Crippen LogP contribution in [0.1, 0.15) is 45.9 Å². The molecule has 3 rings (SSSR count). The van der Waals surface area contributed by atoms with E-state index in [4.69, 9.17) is 0 Å². The summed E-state index contributed by atoms with van der Waals surface area (Å²) in [6, 6.07) is 10.3. The van der Waals surface area contributed by atoms with E-state index >= 15 is 0 Å². The Morgan fingerprint density at radius 3 is 2.40 bits per heavy atom. The Kier molecular flexibility index (Phi) is 4.79. The highest BCUT2D eigenvalue weighted by atomic mass is 16.1. The minimum absolute atomic E-state index is 0.0444. The number of Topliss-reactive ketones (excluding diaryl/α,β-unsaturated/α-hetero) is 1. The minimum Gasteiger partial charge on any atom is -0.294 e. The maximum Gasteiger partial charge on any atom is 0.163 e. The monoisotopic (exact) mass is 337 g/mol. The molecule has 2 heterocycles. The molecule has 2 aromatic heterocycles. The molecule has 0 saturated heterocycles. The van der Waals surface area contributed by atoms with Crippen molar-refractivity contribution in [1.29, 1.82) is 0 Å². The largest absolute Gasteiger partial charge is 0.294 e. The van der Waals surface area contributed by atoms with Crippen molar-refractivity contribution in [3.05, 3.63) is 64.5 Å². The van der Waals surface area contributed by atoms with Gasteiger partial charge in [0.15, 0.2) is 5.78 Å². The molecular formula is C19H23N5O. The molecule has 25 heavy (non-hydrogen) atoms. The average Bonchev–Trinajstić information content (AvgIpc) is 3.06. The number of aryl methyl sites for hydroxylation is 4. The van der Waals surface area contributed by atoms with Gasteiger partial charge in [0, 0.05) is 12.2 Å². The van der Waals surface area contributed by atoms with E-state index in [2.05, 4.69) is 27.3 Å². The third kappa shape index (κ3) is 3.68. The van der Waals surface area contributed by atoms with Crippen molar-refractivity contribution in [1.82, 2.24) is 24.5 Å². The molecule has 0 fully saturated rings. The molecule has 0 aliphatic heterocycles. The van der Waals surface area contributed by atoms with Crippen LogP contribution < -0.4 is 0 Å². The van der Waals surface area contributed by atoms with E-state index in [-0.39, 0.29) is 5.78 Å². The lowest BCUT2D eigenvalue weighted by molar-refractivity contribution is 0.101. The molecule has 0 aliphatic rings. The molecular weight excluding hydrogens is 314 g/mol. The van der Waals surface area contributed by atoms with Crippen molar-refractivity contribution in [2.45, 2.75) is 47.2 Å². The molecule has 130 valence electrons. The quantitative estimate of drug-likeness (QED) is 0.649. The Morgan fingerprint density at radius 1 is 1.04 bits per heavy atom. The van der Waals surface area contributed by atoms with Crippen molar-refractivity contribution in [3.63, 3.8) is 0 Å². The van der Waals surface area contributed by atoms with Crippen molar-refractivity contribution in [2.75, 3.05) is 0 Å². The number of carbonyl (C=O) groups excluding carboxylic acids is 1. The lowest BCUT2D eigenvalue weighted by Gasteiger charge is -2.08. The first kappa shape index (κ1) is 17.1. The predicted molar refractivity (Wildman–Crippen MR) is 95.7 cm³/mol. The zero-order chi connectivity index (χ0) is 18.0. The molecule has 0 saturated carbocycles. The summed E-state index contributed by atoms with van der Waals surface area (Å²) in [6.45, 7) is 8.53. The van der Waals surface area contributed by atoms with Crippen LogP contribution in [0, 0.1) is 20.8 Å². The highest BCUT2D eigenvalue weighted by Gasteiger charge is 2.17. The number of nitrogens with zero attached hydrogens (tertiary/aromatic N) is 5. The first-order chi connectivity index (χ1) is 12.0. The van der Waals surface area contributed by atoms with Gasteiger partial charge in [0.05, 0.1) is 11.3 Å². The topological polar surface area (TPSA) is 65.6 Å². The van der Waals surface area contributed by atoms with Gasteiger partial charge >= 0.3 is 0 Å². The summed E-state index contributed by atoms with van der Waals surface area (Å²) in [5.41, 5.74) is 3.61. The molecule has 0 spiro atoms. The number of benzene rings is 1. The van der Waals surface area contributed by atoms with Gasteiger partial charge < -0.3 is 0 Å². The van der Waals surface area contributed by atoms with Crippen LogP contribution in [-0.4, -0.2) is 30.3 Å². The Balaban J connectivity index is 1.82. The predicted octanol–water partition coefficient (Wildman–Crippen LogP) is 2.89. The number of carbonyl (C=O) groups is 1. The van der Waals surface area contributed by atoms with E-state index in [9.17, 15) is 4.79 Å². The highest BCUT2D eigenvalue weighted by Crippen LogP contribution is 2.15. The third-order valence-corrected chi connectivity index (χ3v) is 4.33. The van der Waals surface area contributed by atoms with Crippen molar-refractivity contribution in [2.24, 2.45) is 0 Å². The summed E-state index contributed by atoms with van der Waals surface area (Å²) >= 11 is 0. The van der Waals surface area contributed by atoms with Gasteiger partial charge in [-0.15, -0.1) is 0 Å². The summed E-state index contributed by atoms with van der Waals surface area (Å²) in [6.07, 6.45) is 0.895. The number of hydrogen-bond donors (Lipinski definition) is 0. The van der Waals surface area contributed by atoms with Gasteiger partial charge in [0.1, 0.15) is 18.2 Å². The van der Waals surface area contributed by atoms with Crippen molar-refractivity contribution >= 4 is 5.78 Å². The van der Waals surface area contributed by atoms with E-state index in [0.29, 0.717) is 12.1 Å². The first-order valence-corrected chi connectivity index (χ1v) is 8.45. The van der Waals surface area contributed by atoms with Gasteiger partial charge in [-0.3, -0.25) is 9.48 Å². The number of hydrogen-bond acceptors (Lipinski definition) is 4. The van der Waals surface area contributed by atoms with E-state index in [0.717, 1.165) is 36.0 Å².